The first-order valence-corrected chi connectivity index (χ1v) is 10.9. The highest BCUT2D eigenvalue weighted by Gasteiger charge is 2.18. The van der Waals surface area contributed by atoms with Gasteiger partial charge in [0.2, 0.25) is 0 Å². The fourth-order valence-corrected chi connectivity index (χ4v) is 4.28. The van der Waals surface area contributed by atoms with Crippen molar-refractivity contribution < 1.29 is 9.21 Å². The van der Waals surface area contributed by atoms with Crippen LogP contribution in [0.2, 0.25) is 0 Å². The molecule has 0 spiro atoms. The normalized spacial score (nSPS) is 19.2. The fraction of sp³-hybridized carbons (Fsp3) is 0.522. The molecule has 6 heteroatoms. The minimum atomic E-state index is -0.0858. The Kier molecular flexibility index (Phi) is 6.85. The van der Waals surface area contributed by atoms with Gasteiger partial charge < -0.3 is 15.1 Å². The Balaban J connectivity index is 1.19. The lowest BCUT2D eigenvalue weighted by Crippen LogP contribution is -2.45. The number of furan rings is 1. The second-order valence-corrected chi connectivity index (χ2v) is 8.26. The van der Waals surface area contributed by atoms with Gasteiger partial charge in [-0.15, -0.1) is 0 Å². The maximum Gasteiger partial charge on any atom is 0.319 e. The number of carbonyl (C=O) groups is 1. The maximum absolute atomic E-state index is 12.2. The summed E-state index contributed by atoms with van der Waals surface area (Å²) < 4.78 is 5.45. The minimum Gasteiger partial charge on any atom is -0.468 e. The van der Waals surface area contributed by atoms with E-state index in [9.17, 15) is 4.79 Å². The summed E-state index contributed by atoms with van der Waals surface area (Å²) in [5.41, 5.74) is 2.13. The standard InChI is InChI=1S/C23H32N4O2/c28-23(24-20-5-2-1-3-6-20)25-21-10-8-19(9-11-21)17-26-12-14-27(15-13-26)18-22-7-4-16-29-22/h4,7-11,16,20H,1-3,5-6,12-15,17-18H2,(H2,24,25,28). The number of amides is 2. The molecule has 156 valence electrons. The van der Waals surface area contributed by atoms with Crippen molar-refractivity contribution in [3.63, 3.8) is 0 Å². The van der Waals surface area contributed by atoms with Gasteiger partial charge in [-0.3, -0.25) is 9.80 Å². The van der Waals surface area contributed by atoms with E-state index in [4.69, 9.17) is 4.42 Å². The lowest BCUT2D eigenvalue weighted by Gasteiger charge is -2.34. The van der Waals surface area contributed by atoms with Crippen molar-refractivity contribution in [2.45, 2.75) is 51.2 Å². The van der Waals surface area contributed by atoms with Gasteiger partial charge in [0.1, 0.15) is 5.76 Å². The van der Waals surface area contributed by atoms with Gasteiger partial charge >= 0.3 is 6.03 Å². The third-order valence-electron chi connectivity index (χ3n) is 5.98. The van der Waals surface area contributed by atoms with E-state index in [-0.39, 0.29) is 6.03 Å². The molecule has 6 nitrogen and oxygen atoms in total. The highest BCUT2D eigenvalue weighted by molar-refractivity contribution is 5.89. The number of nitrogens with one attached hydrogen (secondary N) is 2. The number of hydrogen-bond acceptors (Lipinski definition) is 4. The summed E-state index contributed by atoms with van der Waals surface area (Å²) in [6.07, 6.45) is 7.67. The van der Waals surface area contributed by atoms with Gasteiger partial charge in [0.25, 0.3) is 0 Å². The summed E-state index contributed by atoms with van der Waals surface area (Å²) in [6.45, 7) is 6.08. The molecule has 2 N–H and O–H groups in total. The molecule has 2 amide bonds. The molecule has 29 heavy (non-hydrogen) atoms. The predicted molar refractivity (Wildman–Crippen MR) is 115 cm³/mol. The van der Waals surface area contributed by atoms with Crippen molar-refractivity contribution in [2.24, 2.45) is 0 Å². The van der Waals surface area contributed by atoms with Gasteiger partial charge in [0.05, 0.1) is 12.8 Å². The van der Waals surface area contributed by atoms with Crippen molar-refractivity contribution in [3.05, 3.63) is 54.0 Å². The Bertz CT molecular complexity index is 746. The molecule has 0 radical (unpaired) electrons. The molecule has 1 saturated heterocycles. The summed E-state index contributed by atoms with van der Waals surface area (Å²) in [5.74, 6) is 1.04. The predicted octanol–water partition coefficient (Wildman–Crippen LogP) is 4.05. The summed E-state index contributed by atoms with van der Waals surface area (Å²) >= 11 is 0. The van der Waals surface area contributed by atoms with Crippen LogP contribution in [-0.4, -0.2) is 48.1 Å². The van der Waals surface area contributed by atoms with E-state index in [2.05, 4.69) is 32.6 Å². The van der Waals surface area contributed by atoms with Crippen LogP contribution in [0.3, 0.4) is 0 Å². The highest BCUT2D eigenvalue weighted by atomic mass is 16.3. The summed E-state index contributed by atoms with van der Waals surface area (Å²) in [4.78, 5) is 17.1. The Morgan fingerprint density at radius 2 is 1.62 bits per heavy atom. The number of urea groups is 1. The number of nitrogens with zero attached hydrogens (tertiary/aromatic N) is 2. The van der Waals surface area contributed by atoms with Gasteiger partial charge in [-0.2, -0.15) is 0 Å². The van der Waals surface area contributed by atoms with E-state index in [0.29, 0.717) is 6.04 Å². The molecule has 1 aliphatic carbocycles. The van der Waals surface area contributed by atoms with Gasteiger partial charge in [-0.25, -0.2) is 4.79 Å². The first-order chi connectivity index (χ1) is 14.2. The lowest BCUT2D eigenvalue weighted by molar-refractivity contribution is 0.116. The summed E-state index contributed by atoms with van der Waals surface area (Å²) in [6, 6.07) is 12.5. The Labute approximate surface area is 173 Å². The van der Waals surface area contributed by atoms with Gasteiger partial charge in [0.15, 0.2) is 0 Å². The molecule has 1 aromatic heterocycles. The van der Waals surface area contributed by atoms with Crippen molar-refractivity contribution in [1.29, 1.82) is 0 Å². The van der Waals surface area contributed by atoms with E-state index < -0.39 is 0 Å². The lowest BCUT2D eigenvalue weighted by atomic mass is 9.96. The second kappa shape index (κ2) is 9.94. The molecular formula is C23H32N4O2. The average molecular weight is 397 g/mol. The van der Waals surface area contributed by atoms with Crippen LogP contribution in [-0.2, 0) is 13.1 Å². The van der Waals surface area contributed by atoms with Gasteiger partial charge in [0, 0.05) is 44.5 Å². The molecule has 2 heterocycles. The van der Waals surface area contributed by atoms with Crippen LogP contribution in [0.15, 0.2) is 47.1 Å². The van der Waals surface area contributed by atoms with E-state index >= 15 is 0 Å². The SMILES string of the molecule is O=C(Nc1ccc(CN2CCN(Cc3ccco3)CC2)cc1)NC1CCCCC1. The largest absolute Gasteiger partial charge is 0.468 e. The first-order valence-electron chi connectivity index (χ1n) is 10.9. The van der Waals surface area contributed by atoms with Gasteiger partial charge in [-0.05, 0) is 42.7 Å². The van der Waals surface area contributed by atoms with E-state index in [1.807, 2.05) is 24.3 Å². The highest BCUT2D eigenvalue weighted by Crippen LogP contribution is 2.18. The third kappa shape index (κ3) is 6.08. The second-order valence-electron chi connectivity index (χ2n) is 8.26. The fourth-order valence-electron chi connectivity index (χ4n) is 4.28. The van der Waals surface area contributed by atoms with Crippen molar-refractivity contribution in [1.82, 2.24) is 15.1 Å². The van der Waals surface area contributed by atoms with Crippen LogP contribution in [0.1, 0.15) is 43.4 Å². The quantitative estimate of drug-likeness (QED) is 0.773. The maximum atomic E-state index is 12.2. The zero-order valence-electron chi connectivity index (χ0n) is 17.1. The monoisotopic (exact) mass is 396 g/mol. The molecule has 0 bridgehead atoms. The smallest absolute Gasteiger partial charge is 0.319 e. The molecule has 1 aromatic carbocycles. The van der Waals surface area contributed by atoms with E-state index in [1.54, 1.807) is 6.26 Å². The number of carbonyl (C=O) groups excluding carboxylic acids is 1. The Morgan fingerprint density at radius 1 is 0.931 bits per heavy atom. The number of piperazine rings is 1. The summed E-state index contributed by atoms with van der Waals surface area (Å²) in [7, 11) is 0. The summed E-state index contributed by atoms with van der Waals surface area (Å²) in [5, 5.41) is 6.07. The molecule has 2 fully saturated rings. The average Bonchev–Trinajstić information content (AvgIpc) is 3.25. The van der Waals surface area contributed by atoms with Crippen molar-refractivity contribution in [2.75, 3.05) is 31.5 Å². The minimum absolute atomic E-state index is 0.0858. The van der Waals surface area contributed by atoms with E-state index in [0.717, 1.165) is 63.6 Å². The molecule has 1 saturated carbocycles. The van der Waals surface area contributed by atoms with Crippen LogP contribution in [0.5, 0.6) is 0 Å². The third-order valence-corrected chi connectivity index (χ3v) is 5.98. The van der Waals surface area contributed by atoms with Gasteiger partial charge in [-0.1, -0.05) is 31.4 Å². The zero-order chi connectivity index (χ0) is 19.9. The molecule has 2 aliphatic rings. The molecule has 0 unspecified atom stereocenters. The Morgan fingerprint density at radius 3 is 2.28 bits per heavy atom. The van der Waals surface area contributed by atoms with Crippen LogP contribution in [0, 0.1) is 0 Å². The molecule has 1 aliphatic heterocycles. The molecule has 0 atom stereocenters. The van der Waals surface area contributed by atoms with Crippen molar-refractivity contribution >= 4 is 11.7 Å². The zero-order valence-corrected chi connectivity index (χ0v) is 17.1. The molecular weight excluding hydrogens is 364 g/mol. The Hall–Kier alpha value is -2.31. The van der Waals surface area contributed by atoms with Crippen LogP contribution in [0.4, 0.5) is 10.5 Å². The molecule has 2 aromatic rings. The molecule has 4 rings (SSSR count). The number of hydrogen-bond donors (Lipinski definition) is 2. The number of benzene rings is 1. The number of rotatable bonds is 6. The van der Waals surface area contributed by atoms with Crippen LogP contribution >= 0.6 is 0 Å². The van der Waals surface area contributed by atoms with Crippen LogP contribution in [0.25, 0.3) is 0 Å². The van der Waals surface area contributed by atoms with E-state index in [1.165, 1.54) is 24.8 Å². The van der Waals surface area contributed by atoms with Crippen LogP contribution < -0.4 is 10.6 Å². The van der Waals surface area contributed by atoms with Crippen molar-refractivity contribution in [3.8, 4) is 0 Å². The first kappa shape index (κ1) is 20.0. The topological polar surface area (TPSA) is 60.8 Å². The number of anilines is 1.